The van der Waals surface area contributed by atoms with Crippen LogP contribution in [0.2, 0.25) is 0 Å². The first kappa shape index (κ1) is 15.5. The predicted octanol–water partition coefficient (Wildman–Crippen LogP) is 3.31. The molecular weight excluding hydrogens is 303 g/mol. The number of fused-ring (bicyclic) bond motifs is 1. The predicted molar refractivity (Wildman–Crippen MR) is 93.5 cm³/mol. The van der Waals surface area contributed by atoms with Gasteiger partial charge in [0, 0.05) is 30.8 Å². The number of nitrogens with zero attached hydrogens (tertiary/aromatic N) is 3. The van der Waals surface area contributed by atoms with Crippen molar-refractivity contribution in [1.29, 1.82) is 0 Å². The zero-order valence-electron chi connectivity index (χ0n) is 13.9. The number of aromatic nitrogens is 2. The summed E-state index contributed by atoms with van der Waals surface area (Å²) in [5.74, 6) is 0.620. The van der Waals surface area contributed by atoms with E-state index in [-0.39, 0.29) is 5.82 Å². The maximum Gasteiger partial charge on any atom is 0.226 e. The fourth-order valence-electron chi connectivity index (χ4n) is 3.61. The minimum atomic E-state index is -0.212. The lowest BCUT2D eigenvalue weighted by molar-refractivity contribution is 0.620. The highest BCUT2D eigenvalue weighted by Crippen LogP contribution is 2.29. The number of hydrogen-bond acceptors (Lipinski definition) is 4. The van der Waals surface area contributed by atoms with E-state index in [0.29, 0.717) is 0 Å². The fourth-order valence-corrected chi connectivity index (χ4v) is 3.61. The van der Waals surface area contributed by atoms with E-state index in [0.717, 1.165) is 55.5 Å². The number of halogens is 1. The Bertz CT molecular complexity index is 706. The van der Waals surface area contributed by atoms with Gasteiger partial charge in [-0.15, -0.1) is 0 Å². The second-order valence-electron chi connectivity index (χ2n) is 6.63. The van der Waals surface area contributed by atoms with E-state index in [2.05, 4.69) is 10.2 Å². The quantitative estimate of drug-likeness (QED) is 0.919. The molecule has 0 spiro atoms. The molecule has 0 unspecified atom stereocenters. The molecule has 1 N–H and O–H groups in total. The number of rotatable bonds is 2. The Balaban J connectivity index is 1.78. The topological polar surface area (TPSA) is 41.1 Å². The zero-order chi connectivity index (χ0) is 16.4. The van der Waals surface area contributed by atoms with Crippen LogP contribution in [0, 0.1) is 5.82 Å². The van der Waals surface area contributed by atoms with Crippen molar-refractivity contribution in [2.24, 2.45) is 0 Å². The highest BCUT2D eigenvalue weighted by molar-refractivity contribution is 5.66. The average Bonchev–Trinajstić information content (AvgIpc) is 2.91. The lowest BCUT2D eigenvalue weighted by Gasteiger charge is -2.25. The molecule has 0 saturated carbocycles. The first-order valence-electron chi connectivity index (χ1n) is 8.93. The lowest BCUT2D eigenvalue weighted by atomic mass is 9.99. The Morgan fingerprint density at radius 1 is 0.958 bits per heavy atom. The molecule has 0 radical (unpaired) electrons. The highest BCUT2D eigenvalue weighted by Gasteiger charge is 2.21. The summed E-state index contributed by atoms with van der Waals surface area (Å²) in [6, 6.07) is 6.67. The number of nitrogens with one attached hydrogen (secondary N) is 1. The second-order valence-corrected chi connectivity index (χ2v) is 6.63. The third-order valence-corrected chi connectivity index (χ3v) is 4.93. The molecule has 126 valence electrons. The van der Waals surface area contributed by atoms with Crippen molar-refractivity contribution in [3.05, 3.63) is 41.3 Å². The van der Waals surface area contributed by atoms with Crippen LogP contribution >= 0.6 is 0 Å². The molecule has 4 nitrogen and oxygen atoms in total. The summed E-state index contributed by atoms with van der Waals surface area (Å²) in [7, 11) is 0. The molecule has 1 fully saturated rings. The summed E-state index contributed by atoms with van der Waals surface area (Å²) < 4.78 is 13.3. The number of benzene rings is 1. The molecule has 0 atom stereocenters. The number of hydrogen-bond donors (Lipinski definition) is 1. The first-order valence-corrected chi connectivity index (χ1v) is 8.93. The maximum absolute atomic E-state index is 13.3. The number of anilines is 1. The van der Waals surface area contributed by atoms with Crippen LogP contribution in [0.1, 0.15) is 36.9 Å². The molecule has 0 bridgehead atoms. The van der Waals surface area contributed by atoms with Crippen molar-refractivity contribution in [3.63, 3.8) is 0 Å². The van der Waals surface area contributed by atoms with Gasteiger partial charge >= 0.3 is 0 Å². The lowest BCUT2D eigenvalue weighted by Crippen LogP contribution is -2.30. The summed E-state index contributed by atoms with van der Waals surface area (Å²) in [5, 5.41) is 3.40. The van der Waals surface area contributed by atoms with E-state index in [4.69, 9.17) is 9.97 Å². The molecule has 2 aliphatic rings. The molecule has 4 rings (SSSR count). The van der Waals surface area contributed by atoms with Gasteiger partial charge in [-0.2, -0.15) is 0 Å². The van der Waals surface area contributed by atoms with Crippen LogP contribution in [0.3, 0.4) is 0 Å². The van der Waals surface area contributed by atoms with E-state index >= 15 is 0 Å². The molecule has 0 aliphatic carbocycles. The summed E-state index contributed by atoms with van der Waals surface area (Å²) in [4.78, 5) is 12.1. The summed E-state index contributed by atoms with van der Waals surface area (Å²) in [6.07, 6.45) is 5.89. The van der Waals surface area contributed by atoms with Crippen molar-refractivity contribution in [2.45, 2.75) is 38.6 Å². The van der Waals surface area contributed by atoms with Crippen molar-refractivity contribution in [2.75, 3.05) is 24.5 Å². The molecule has 5 heteroatoms. The Hall–Kier alpha value is -2.01. The molecule has 2 aromatic rings. The Labute approximate surface area is 142 Å². The first-order chi connectivity index (χ1) is 11.8. The van der Waals surface area contributed by atoms with E-state index in [1.165, 1.54) is 43.4 Å². The van der Waals surface area contributed by atoms with E-state index in [9.17, 15) is 4.39 Å². The van der Waals surface area contributed by atoms with Crippen LogP contribution in [0.5, 0.6) is 0 Å². The van der Waals surface area contributed by atoms with Gasteiger partial charge in [0.1, 0.15) is 5.82 Å². The van der Waals surface area contributed by atoms with Crippen LogP contribution in [-0.2, 0) is 13.0 Å². The van der Waals surface area contributed by atoms with Gasteiger partial charge in [-0.1, -0.05) is 12.8 Å². The summed E-state index contributed by atoms with van der Waals surface area (Å²) >= 11 is 0. The van der Waals surface area contributed by atoms with Crippen LogP contribution in [0.4, 0.5) is 10.3 Å². The van der Waals surface area contributed by atoms with Crippen LogP contribution in [-0.4, -0.2) is 29.6 Å². The SMILES string of the molecule is Fc1ccc(-c2nc(N3CCCCCC3)nc3c2CCNC3)cc1. The minimum Gasteiger partial charge on any atom is -0.341 e. The zero-order valence-corrected chi connectivity index (χ0v) is 13.9. The molecule has 0 amide bonds. The van der Waals surface area contributed by atoms with Gasteiger partial charge in [0.15, 0.2) is 0 Å². The van der Waals surface area contributed by atoms with Crippen LogP contribution in [0.25, 0.3) is 11.3 Å². The van der Waals surface area contributed by atoms with E-state index in [1.807, 2.05) is 12.1 Å². The summed E-state index contributed by atoms with van der Waals surface area (Å²) in [6.45, 7) is 3.77. The molecule has 24 heavy (non-hydrogen) atoms. The highest BCUT2D eigenvalue weighted by atomic mass is 19.1. The van der Waals surface area contributed by atoms with Crippen LogP contribution < -0.4 is 10.2 Å². The molecule has 1 aromatic carbocycles. The van der Waals surface area contributed by atoms with E-state index in [1.54, 1.807) is 0 Å². The smallest absolute Gasteiger partial charge is 0.226 e. The Kier molecular flexibility index (Phi) is 4.43. The van der Waals surface area contributed by atoms with Crippen molar-refractivity contribution in [3.8, 4) is 11.3 Å². The molecule has 2 aliphatic heterocycles. The van der Waals surface area contributed by atoms with Gasteiger partial charge in [0.05, 0.1) is 11.4 Å². The van der Waals surface area contributed by atoms with Crippen molar-refractivity contribution in [1.82, 2.24) is 15.3 Å². The molecule has 3 heterocycles. The molecule has 1 aromatic heterocycles. The fraction of sp³-hybridized carbons (Fsp3) is 0.474. The monoisotopic (exact) mass is 326 g/mol. The standard InChI is InChI=1S/C19H23FN4/c20-15-7-5-14(6-8-15)18-16-9-10-21-13-17(16)22-19(23-18)24-11-3-1-2-4-12-24/h5-8,21H,1-4,9-13H2. The molecule has 1 saturated heterocycles. The normalized spacial score (nSPS) is 18.1. The van der Waals surface area contributed by atoms with Gasteiger partial charge < -0.3 is 10.2 Å². The van der Waals surface area contributed by atoms with Crippen molar-refractivity contribution < 1.29 is 4.39 Å². The average molecular weight is 326 g/mol. The van der Waals surface area contributed by atoms with E-state index < -0.39 is 0 Å². The van der Waals surface area contributed by atoms with Gasteiger partial charge in [-0.25, -0.2) is 14.4 Å². The summed E-state index contributed by atoms with van der Waals surface area (Å²) in [5.41, 5.74) is 4.25. The third-order valence-electron chi connectivity index (χ3n) is 4.93. The molecular formula is C19H23FN4. The minimum absolute atomic E-state index is 0.212. The second kappa shape index (κ2) is 6.85. The van der Waals surface area contributed by atoms with Crippen molar-refractivity contribution >= 4 is 5.95 Å². The van der Waals surface area contributed by atoms with Gasteiger partial charge in [0.2, 0.25) is 5.95 Å². The Morgan fingerprint density at radius 2 is 1.71 bits per heavy atom. The van der Waals surface area contributed by atoms with Gasteiger partial charge in [-0.3, -0.25) is 0 Å². The largest absolute Gasteiger partial charge is 0.341 e. The van der Waals surface area contributed by atoms with Crippen LogP contribution in [0.15, 0.2) is 24.3 Å². The van der Waals surface area contributed by atoms with Gasteiger partial charge in [0.25, 0.3) is 0 Å². The maximum atomic E-state index is 13.3. The Morgan fingerprint density at radius 3 is 2.46 bits per heavy atom. The van der Waals surface area contributed by atoms with Gasteiger partial charge in [-0.05, 0) is 50.1 Å². The third kappa shape index (κ3) is 3.13.